The molecule has 6 nitrogen and oxygen atoms in total. The van der Waals surface area contributed by atoms with Crippen LogP contribution in [0, 0.1) is 5.82 Å². The zero-order valence-corrected chi connectivity index (χ0v) is 16.0. The highest BCUT2D eigenvalue weighted by atomic mass is 35.5. The maximum absolute atomic E-state index is 14.4. The minimum Gasteiger partial charge on any atom is -0.385 e. The summed E-state index contributed by atoms with van der Waals surface area (Å²) >= 11 is 5.80. The molecule has 0 bridgehead atoms. The third-order valence-corrected chi connectivity index (χ3v) is 4.11. The van der Waals surface area contributed by atoms with Crippen LogP contribution in [-0.2, 0) is 15.1 Å². The van der Waals surface area contributed by atoms with Gasteiger partial charge in [0.25, 0.3) is 12.3 Å². The van der Waals surface area contributed by atoms with Crippen LogP contribution in [0.5, 0.6) is 0 Å². The molecule has 3 N–H and O–H groups in total. The van der Waals surface area contributed by atoms with Crippen LogP contribution in [0.15, 0.2) is 40.3 Å². The minimum atomic E-state index is -3.08. The Labute approximate surface area is 165 Å². The maximum atomic E-state index is 14.4. The molecule has 0 radical (unpaired) electrons. The zero-order chi connectivity index (χ0) is 20.9. The van der Waals surface area contributed by atoms with E-state index in [2.05, 4.69) is 15.3 Å². The van der Waals surface area contributed by atoms with Crippen molar-refractivity contribution in [2.75, 3.05) is 25.6 Å². The first-order valence-corrected chi connectivity index (χ1v) is 8.73. The fraction of sp³-hybridized carbons (Fsp3) is 0.389. The molecule has 0 aromatic heterocycles. The fourth-order valence-electron chi connectivity index (χ4n) is 2.60. The number of benzene rings is 1. The molecule has 2 rings (SSSR count). The van der Waals surface area contributed by atoms with Crippen molar-refractivity contribution in [2.24, 2.45) is 15.7 Å². The molecule has 1 aromatic rings. The lowest BCUT2D eigenvalue weighted by atomic mass is 9.90. The number of anilines is 1. The van der Waals surface area contributed by atoms with Crippen LogP contribution in [-0.4, -0.2) is 49.5 Å². The third kappa shape index (κ3) is 4.90. The van der Waals surface area contributed by atoms with E-state index in [0.717, 1.165) is 12.1 Å². The molecule has 0 spiro atoms. The molecule has 0 aliphatic carbocycles. The summed E-state index contributed by atoms with van der Waals surface area (Å²) in [5, 5.41) is 2.18. The number of hydrogen-bond donors (Lipinski definition) is 2. The van der Waals surface area contributed by atoms with Gasteiger partial charge in [0.05, 0.1) is 6.61 Å². The lowest BCUT2D eigenvalue weighted by Crippen LogP contribution is -2.45. The van der Waals surface area contributed by atoms with Gasteiger partial charge in [-0.05, 0) is 31.2 Å². The van der Waals surface area contributed by atoms with Gasteiger partial charge in [-0.3, -0.25) is 14.8 Å². The Balaban J connectivity index is 2.38. The van der Waals surface area contributed by atoms with E-state index in [1.807, 2.05) is 0 Å². The Bertz CT molecular complexity index is 827. The second-order valence-electron chi connectivity index (χ2n) is 6.12. The molecule has 1 heterocycles. The molecule has 10 heteroatoms. The van der Waals surface area contributed by atoms with E-state index in [-0.39, 0.29) is 29.2 Å². The predicted molar refractivity (Wildman–Crippen MR) is 103 cm³/mol. The first kappa shape index (κ1) is 21.9. The number of nitrogens with two attached hydrogens (primary N) is 1. The number of ether oxygens (including phenoxy) is 1. The summed E-state index contributed by atoms with van der Waals surface area (Å²) in [6, 6.07) is 3.30. The third-order valence-electron chi connectivity index (χ3n) is 3.96. The largest absolute Gasteiger partial charge is 0.385 e. The number of carbonyl (C=O) groups is 1. The second kappa shape index (κ2) is 9.20. The van der Waals surface area contributed by atoms with E-state index >= 15 is 0 Å². The number of nitrogens with zero attached hydrogens (tertiary/aromatic N) is 2. The molecule has 1 aliphatic heterocycles. The predicted octanol–water partition coefficient (Wildman–Crippen LogP) is 2.87. The van der Waals surface area contributed by atoms with E-state index in [1.165, 1.54) is 19.2 Å². The van der Waals surface area contributed by atoms with E-state index in [4.69, 9.17) is 22.1 Å². The Morgan fingerprint density at radius 2 is 2.21 bits per heavy atom. The van der Waals surface area contributed by atoms with Gasteiger partial charge >= 0.3 is 0 Å². The van der Waals surface area contributed by atoms with Crippen LogP contribution >= 0.6 is 11.6 Å². The Morgan fingerprint density at radius 1 is 1.50 bits per heavy atom. The summed E-state index contributed by atoms with van der Waals surface area (Å²) in [5.74, 6) is -1.69. The number of carbonyl (C=O) groups excluding carboxylic acids is 1. The highest BCUT2D eigenvalue weighted by Crippen LogP contribution is 2.37. The summed E-state index contributed by atoms with van der Waals surface area (Å²) in [7, 11) is 1.41. The Kier molecular flexibility index (Phi) is 7.20. The number of rotatable bonds is 6. The highest BCUT2D eigenvalue weighted by molar-refractivity contribution is 6.47. The quantitative estimate of drug-likeness (QED) is 0.552. The molecule has 1 aromatic carbocycles. The van der Waals surface area contributed by atoms with Gasteiger partial charge in [-0.1, -0.05) is 6.08 Å². The van der Waals surface area contributed by atoms with Crippen LogP contribution in [0.4, 0.5) is 18.9 Å². The van der Waals surface area contributed by atoms with Crippen LogP contribution in [0.1, 0.15) is 12.5 Å². The van der Waals surface area contributed by atoms with Crippen molar-refractivity contribution >= 4 is 34.7 Å². The smallest absolute Gasteiger partial charge is 0.273 e. The molecule has 0 fully saturated rings. The lowest BCUT2D eigenvalue weighted by Gasteiger charge is -2.33. The van der Waals surface area contributed by atoms with Gasteiger partial charge in [-0.2, -0.15) is 0 Å². The van der Waals surface area contributed by atoms with E-state index < -0.39 is 35.9 Å². The lowest BCUT2D eigenvalue weighted by molar-refractivity contribution is -0.110. The van der Waals surface area contributed by atoms with Crippen LogP contribution in [0.3, 0.4) is 0 Å². The SMILES string of the molecule is CN=C(/C=C\C(C)Cl)C(=O)Nc1ccc(F)c(C2(C(F)F)COCC(N)=N2)c1. The number of amides is 1. The van der Waals surface area contributed by atoms with Gasteiger partial charge in [0.2, 0.25) is 0 Å². The summed E-state index contributed by atoms with van der Waals surface area (Å²) in [6.07, 6.45) is -0.0898. The summed E-state index contributed by atoms with van der Waals surface area (Å²) in [5.41, 5.74) is 2.97. The monoisotopic (exact) mass is 416 g/mol. The average molecular weight is 417 g/mol. The number of amidine groups is 1. The van der Waals surface area contributed by atoms with Crippen LogP contribution in [0.2, 0.25) is 0 Å². The first-order chi connectivity index (χ1) is 13.2. The zero-order valence-electron chi connectivity index (χ0n) is 15.3. The van der Waals surface area contributed by atoms with Gasteiger partial charge in [-0.15, -0.1) is 11.6 Å². The molecule has 2 unspecified atom stereocenters. The molecule has 0 saturated heterocycles. The summed E-state index contributed by atoms with van der Waals surface area (Å²) < 4.78 is 47.1. The second-order valence-corrected chi connectivity index (χ2v) is 6.80. The Morgan fingerprint density at radius 3 is 2.79 bits per heavy atom. The van der Waals surface area contributed by atoms with Crippen molar-refractivity contribution in [1.29, 1.82) is 0 Å². The number of allylic oxidation sites excluding steroid dienone is 1. The van der Waals surface area contributed by atoms with E-state index in [9.17, 15) is 18.0 Å². The topological polar surface area (TPSA) is 89.1 Å². The van der Waals surface area contributed by atoms with Crippen LogP contribution in [0.25, 0.3) is 0 Å². The molecular weight excluding hydrogens is 397 g/mol. The van der Waals surface area contributed by atoms with Crippen LogP contribution < -0.4 is 11.1 Å². The molecular formula is C18H20ClF3N4O2. The van der Waals surface area contributed by atoms with Crippen molar-refractivity contribution < 1.29 is 22.7 Å². The van der Waals surface area contributed by atoms with Gasteiger partial charge in [0, 0.05) is 23.7 Å². The minimum absolute atomic E-state index is 0.0604. The maximum Gasteiger partial charge on any atom is 0.273 e. The summed E-state index contributed by atoms with van der Waals surface area (Å²) in [6.45, 7) is 1.05. The van der Waals surface area contributed by atoms with Gasteiger partial charge in [0.15, 0.2) is 5.54 Å². The van der Waals surface area contributed by atoms with Crippen molar-refractivity contribution in [2.45, 2.75) is 24.3 Å². The molecule has 28 heavy (non-hydrogen) atoms. The molecule has 152 valence electrons. The molecule has 2 atom stereocenters. The number of halogens is 4. The number of aliphatic imine (C=N–C) groups is 2. The van der Waals surface area contributed by atoms with Gasteiger partial charge in [0.1, 0.15) is 24.0 Å². The Hall–Kier alpha value is -2.39. The highest BCUT2D eigenvalue weighted by Gasteiger charge is 2.46. The first-order valence-electron chi connectivity index (χ1n) is 8.30. The van der Waals surface area contributed by atoms with Crippen molar-refractivity contribution in [3.05, 3.63) is 41.7 Å². The number of alkyl halides is 3. The molecule has 1 aliphatic rings. The number of nitrogens with one attached hydrogen (secondary N) is 1. The van der Waals surface area contributed by atoms with E-state index in [0.29, 0.717) is 0 Å². The fourth-order valence-corrected chi connectivity index (χ4v) is 2.68. The van der Waals surface area contributed by atoms with Crippen molar-refractivity contribution in [1.82, 2.24) is 0 Å². The van der Waals surface area contributed by atoms with Crippen molar-refractivity contribution in [3.63, 3.8) is 0 Å². The molecule has 0 saturated carbocycles. The van der Waals surface area contributed by atoms with Crippen molar-refractivity contribution in [3.8, 4) is 0 Å². The normalized spacial score (nSPS) is 21.7. The van der Waals surface area contributed by atoms with E-state index in [1.54, 1.807) is 13.0 Å². The summed E-state index contributed by atoms with van der Waals surface area (Å²) in [4.78, 5) is 20.0. The average Bonchev–Trinajstić information content (AvgIpc) is 2.63. The van der Waals surface area contributed by atoms with Gasteiger partial charge < -0.3 is 15.8 Å². The number of hydrogen-bond acceptors (Lipinski definition) is 5. The van der Waals surface area contributed by atoms with Gasteiger partial charge in [-0.25, -0.2) is 13.2 Å². The standard InChI is InChI=1S/C18H20ClF3N4O2/c1-10(19)3-6-14(24-2)16(27)25-11-4-5-13(20)12(7-11)18(17(21)22)9-28-8-15(23)26-18/h3-7,10,17H,8-9H2,1-2H3,(H2,23,26)(H,25,27)/b6-3-,24-14?. The molecule has 1 amide bonds.